The van der Waals surface area contributed by atoms with Crippen molar-refractivity contribution < 1.29 is 13.2 Å². The minimum atomic E-state index is -3.69. The molecular weight excluding hydrogens is 366 g/mol. The largest absolute Gasteiger partial charge is 0.497 e. The molecule has 26 heavy (non-hydrogen) atoms. The summed E-state index contributed by atoms with van der Waals surface area (Å²) in [4.78, 5) is 2.34. The third-order valence-electron chi connectivity index (χ3n) is 4.32. The molecule has 6 heteroatoms. The summed E-state index contributed by atoms with van der Waals surface area (Å²) >= 11 is 1.66. The van der Waals surface area contributed by atoms with Gasteiger partial charge in [0.05, 0.1) is 18.0 Å². The first-order valence-electron chi connectivity index (χ1n) is 8.10. The van der Waals surface area contributed by atoms with Crippen LogP contribution in [0.4, 0.5) is 0 Å². The minimum Gasteiger partial charge on any atom is -0.497 e. The highest BCUT2D eigenvalue weighted by molar-refractivity contribution is 7.99. The Balaban J connectivity index is 1.75. The molecule has 3 aromatic carbocycles. The average molecular weight is 383 g/mol. The molecule has 3 aromatic rings. The Morgan fingerprint density at radius 1 is 0.846 bits per heavy atom. The predicted octanol–water partition coefficient (Wildman–Crippen LogP) is 4.23. The van der Waals surface area contributed by atoms with Gasteiger partial charge in [-0.25, -0.2) is 8.42 Å². The zero-order valence-corrected chi connectivity index (χ0v) is 15.7. The second-order valence-corrected chi connectivity index (χ2v) is 8.71. The van der Waals surface area contributed by atoms with Crippen LogP contribution in [0, 0.1) is 0 Å². The van der Waals surface area contributed by atoms with E-state index in [1.54, 1.807) is 43.1 Å². The van der Waals surface area contributed by atoms with E-state index >= 15 is 0 Å². The number of hydrogen-bond acceptors (Lipinski definition) is 4. The second kappa shape index (κ2) is 6.79. The third-order valence-corrected chi connectivity index (χ3v) is 6.94. The number of nitrogens with one attached hydrogen (secondary N) is 1. The van der Waals surface area contributed by atoms with Gasteiger partial charge < -0.3 is 4.74 Å². The van der Waals surface area contributed by atoms with Crippen molar-refractivity contribution in [3.8, 4) is 5.75 Å². The van der Waals surface area contributed by atoms with Crippen molar-refractivity contribution in [3.05, 3.63) is 83.9 Å². The number of ether oxygens (including phenoxy) is 1. The summed E-state index contributed by atoms with van der Waals surface area (Å²) < 4.78 is 33.9. The maximum atomic E-state index is 13.0. The molecule has 0 atom stereocenters. The molecule has 1 N–H and O–H groups in total. The molecule has 0 amide bonds. The Labute approximate surface area is 157 Å². The molecule has 0 fully saturated rings. The molecule has 4 rings (SSSR count). The molecule has 4 nitrogen and oxygen atoms in total. The fourth-order valence-electron chi connectivity index (χ4n) is 3.01. The Morgan fingerprint density at radius 3 is 1.92 bits per heavy atom. The van der Waals surface area contributed by atoms with Crippen molar-refractivity contribution in [2.24, 2.45) is 0 Å². The molecule has 0 radical (unpaired) electrons. The molecule has 0 aromatic heterocycles. The number of rotatable bonds is 4. The summed E-state index contributed by atoms with van der Waals surface area (Å²) in [6.45, 7) is 0. The summed E-state index contributed by atoms with van der Waals surface area (Å²) in [5, 5.41) is 0. The SMILES string of the molecule is COc1ccc(S(=O)(=O)NC2c3ccccc3Sc3ccccc32)cc1. The highest BCUT2D eigenvalue weighted by atomic mass is 32.2. The second-order valence-electron chi connectivity index (χ2n) is 5.91. The van der Waals surface area contributed by atoms with Gasteiger partial charge >= 0.3 is 0 Å². The van der Waals surface area contributed by atoms with Crippen molar-refractivity contribution in [2.45, 2.75) is 20.7 Å². The molecule has 0 aliphatic carbocycles. The number of hydrogen-bond donors (Lipinski definition) is 1. The van der Waals surface area contributed by atoms with Crippen molar-refractivity contribution in [1.82, 2.24) is 4.72 Å². The zero-order valence-electron chi connectivity index (χ0n) is 14.0. The van der Waals surface area contributed by atoms with Gasteiger partial charge in [0.25, 0.3) is 0 Å². The van der Waals surface area contributed by atoms with Gasteiger partial charge in [0.1, 0.15) is 5.75 Å². The maximum absolute atomic E-state index is 13.0. The highest BCUT2D eigenvalue weighted by Gasteiger charge is 2.29. The van der Waals surface area contributed by atoms with Crippen LogP contribution in [0.3, 0.4) is 0 Å². The van der Waals surface area contributed by atoms with Crippen LogP contribution in [0.15, 0.2) is 87.5 Å². The van der Waals surface area contributed by atoms with Crippen LogP contribution < -0.4 is 9.46 Å². The third kappa shape index (κ3) is 3.11. The number of benzene rings is 3. The molecule has 1 heterocycles. The molecule has 0 bridgehead atoms. The topological polar surface area (TPSA) is 55.4 Å². The van der Waals surface area contributed by atoms with Gasteiger partial charge in [-0.05, 0) is 47.5 Å². The average Bonchev–Trinajstić information content (AvgIpc) is 2.68. The Hall–Kier alpha value is -2.28. The maximum Gasteiger partial charge on any atom is 0.241 e. The van der Waals surface area contributed by atoms with Crippen LogP contribution in [-0.4, -0.2) is 15.5 Å². The fourth-order valence-corrected chi connectivity index (χ4v) is 5.35. The lowest BCUT2D eigenvalue weighted by Crippen LogP contribution is -2.31. The Kier molecular flexibility index (Phi) is 4.48. The van der Waals surface area contributed by atoms with E-state index in [-0.39, 0.29) is 4.90 Å². The van der Waals surface area contributed by atoms with Gasteiger partial charge in [-0.15, -0.1) is 0 Å². The fraction of sp³-hybridized carbons (Fsp3) is 0.100. The summed E-state index contributed by atoms with van der Waals surface area (Å²) in [6.07, 6.45) is 0. The smallest absolute Gasteiger partial charge is 0.241 e. The van der Waals surface area contributed by atoms with E-state index in [9.17, 15) is 8.42 Å². The molecular formula is C20H17NO3S2. The summed E-state index contributed by atoms with van der Waals surface area (Å²) in [7, 11) is -2.13. The van der Waals surface area contributed by atoms with Gasteiger partial charge in [-0.3, -0.25) is 0 Å². The standard InChI is InChI=1S/C20H17NO3S2/c1-24-14-10-12-15(13-11-14)26(22,23)21-20-16-6-2-4-8-18(16)25-19-9-5-3-7-17(19)20/h2-13,20-21H,1H3. The van der Waals surface area contributed by atoms with E-state index in [0.29, 0.717) is 5.75 Å². The van der Waals surface area contributed by atoms with Gasteiger partial charge in [0, 0.05) is 9.79 Å². The van der Waals surface area contributed by atoms with Crippen molar-refractivity contribution in [2.75, 3.05) is 7.11 Å². The highest BCUT2D eigenvalue weighted by Crippen LogP contribution is 2.44. The molecule has 1 aliphatic rings. The molecule has 0 saturated carbocycles. The van der Waals surface area contributed by atoms with E-state index in [4.69, 9.17) is 4.74 Å². The van der Waals surface area contributed by atoms with Crippen molar-refractivity contribution in [3.63, 3.8) is 0 Å². The van der Waals surface area contributed by atoms with Gasteiger partial charge in [0.15, 0.2) is 0 Å². The van der Waals surface area contributed by atoms with Crippen LogP contribution in [-0.2, 0) is 10.0 Å². The van der Waals surface area contributed by atoms with Crippen LogP contribution in [0.2, 0.25) is 0 Å². The predicted molar refractivity (Wildman–Crippen MR) is 102 cm³/mol. The number of methoxy groups -OCH3 is 1. The van der Waals surface area contributed by atoms with Crippen LogP contribution in [0.1, 0.15) is 17.2 Å². The van der Waals surface area contributed by atoms with E-state index < -0.39 is 16.1 Å². The molecule has 0 saturated heterocycles. The number of sulfonamides is 1. The Morgan fingerprint density at radius 2 is 1.38 bits per heavy atom. The first-order valence-corrected chi connectivity index (χ1v) is 10.4. The molecule has 132 valence electrons. The molecule has 0 unspecified atom stereocenters. The van der Waals surface area contributed by atoms with E-state index in [1.165, 1.54) is 0 Å². The first kappa shape index (κ1) is 17.1. The van der Waals surface area contributed by atoms with Crippen LogP contribution >= 0.6 is 11.8 Å². The lowest BCUT2D eigenvalue weighted by molar-refractivity contribution is 0.414. The van der Waals surface area contributed by atoms with E-state index in [1.807, 2.05) is 48.5 Å². The summed E-state index contributed by atoms with van der Waals surface area (Å²) in [5.74, 6) is 0.619. The lowest BCUT2D eigenvalue weighted by Gasteiger charge is -2.28. The quantitative estimate of drug-likeness (QED) is 0.733. The van der Waals surface area contributed by atoms with Crippen LogP contribution in [0.25, 0.3) is 0 Å². The normalized spacial score (nSPS) is 13.7. The molecule has 0 spiro atoms. The Bertz CT molecular complexity index is 1000. The van der Waals surface area contributed by atoms with E-state index in [2.05, 4.69) is 4.72 Å². The summed E-state index contributed by atoms with van der Waals surface area (Å²) in [5.41, 5.74) is 1.93. The molecule has 1 aliphatic heterocycles. The van der Waals surface area contributed by atoms with Crippen molar-refractivity contribution in [1.29, 1.82) is 0 Å². The minimum absolute atomic E-state index is 0.214. The van der Waals surface area contributed by atoms with E-state index in [0.717, 1.165) is 20.9 Å². The zero-order chi connectivity index (χ0) is 18.1. The van der Waals surface area contributed by atoms with Crippen molar-refractivity contribution >= 4 is 21.8 Å². The van der Waals surface area contributed by atoms with Gasteiger partial charge in [-0.2, -0.15) is 4.72 Å². The number of fused-ring (bicyclic) bond motifs is 2. The van der Waals surface area contributed by atoms with Crippen LogP contribution in [0.5, 0.6) is 5.75 Å². The lowest BCUT2D eigenvalue weighted by atomic mass is 9.99. The monoisotopic (exact) mass is 383 g/mol. The summed E-state index contributed by atoms with van der Waals surface area (Å²) in [6, 6.07) is 21.8. The van der Waals surface area contributed by atoms with Gasteiger partial charge in [0.2, 0.25) is 10.0 Å². The van der Waals surface area contributed by atoms with Gasteiger partial charge in [-0.1, -0.05) is 48.2 Å². The first-order chi connectivity index (χ1) is 12.6.